The van der Waals surface area contributed by atoms with E-state index in [1.54, 1.807) is 0 Å². The van der Waals surface area contributed by atoms with E-state index in [0.717, 1.165) is 0 Å². The Labute approximate surface area is 65.0 Å². The molecule has 0 amide bonds. The maximum atomic E-state index is 10.9. The molecule has 0 aliphatic heterocycles. The lowest BCUT2D eigenvalue weighted by Gasteiger charge is -2.09. The fraction of sp³-hybridized carbons (Fsp3) is 0.800. The van der Waals surface area contributed by atoms with Crippen molar-refractivity contribution in [3.8, 4) is 0 Å². The second-order valence-corrected chi connectivity index (χ2v) is 3.94. The third-order valence-electron chi connectivity index (χ3n) is 1.48. The predicted molar refractivity (Wildman–Crippen MR) is 39.5 cm³/mol. The largest absolute Gasteiger partial charge is 0.477 e. The number of hydrogen-bond donors (Lipinski definition) is 3. The smallest absolute Gasteiger partial charge is 0.400 e. The average molecular weight is 180 g/mol. The Balaban J connectivity index is 4.59. The molecule has 0 heterocycles. The molecule has 6 heteroatoms. The van der Waals surface area contributed by atoms with Gasteiger partial charge in [-0.05, 0) is 0 Å². The van der Waals surface area contributed by atoms with Crippen molar-refractivity contribution in [2.75, 3.05) is 6.35 Å². The van der Waals surface area contributed by atoms with Crippen LogP contribution in [0, 0.1) is 0 Å². The summed E-state index contributed by atoms with van der Waals surface area (Å²) < 4.78 is 10.9. The van der Waals surface area contributed by atoms with Crippen LogP contribution >= 0.6 is 7.80 Å². The first-order chi connectivity index (χ1) is 4.99. The van der Waals surface area contributed by atoms with Crippen LogP contribution in [0.25, 0.3) is 0 Å². The van der Waals surface area contributed by atoms with Crippen molar-refractivity contribution < 1.29 is 19.6 Å². The first-order valence-electron chi connectivity index (χ1n) is 3.07. The zero-order valence-corrected chi connectivity index (χ0v) is 7.04. The monoisotopic (exact) mass is 180 g/mol. The van der Waals surface area contributed by atoms with Gasteiger partial charge in [-0.2, -0.15) is 0 Å². The number of carboxylic acid groups (broad SMARTS) is 1. The molecule has 0 rings (SSSR count). The Morgan fingerprint density at radius 2 is 2.18 bits per heavy atom. The van der Waals surface area contributed by atoms with Crippen molar-refractivity contribution in [2.45, 2.75) is 18.6 Å². The number of aliphatic carboxylic acids is 1. The molecule has 0 fully saturated rings. The molecular formula is C5H11NO4P+. The van der Waals surface area contributed by atoms with E-state index in [1.165, 1.54) is 6.92 Å². The summed E-state index contributed by atoms with van der Waals surface area (Å²) in [4.78, 5) is 10.4. The molecule has 0 aliphatic carbocycles. The summed E-state index contributed by atoms with van der Waals surface area (Å²) in [6, 6.07) is 0. The minimum atomic E-state index is -2.28. The van der Waals surface area contributed by atoms with Crippen LogP contribution in [0.5, 0.6) is 0 Å². The second-order valence-electron chi connectivity index (χ2n) is 2.10. The highest BCUT2D eigenvalue weighted by atomic mass is 31.1. The first-order valence-corrected chi connectivity index (χ1v) is 4.51. The molecule has 4 N–H and O–H groups in total. The van der Waals surface area contributed by atoms with Crippen molar-refractivity contribution in [3.63, 3.8) is 0 Å². The highest BCUT2D eigenvalue weighted by Gasteiger charge is 2.50. The Morgan fingerprint density at radius 3 is 2.27 bits per heavy atom. The summed E-state index contributed by atoms with van der Waals surface area (Å²) in [6.45, 7) is 1.51. The summed E-state index contributed by atoms with van der Waals surface area (Å²) in [5.74, 6) is -1.34. The SMILES string of the molecule is CCC(N)(C(=O)O)[P+](=O)CO. The third-order valence-corrected chi connectivity index (χ3v) is 3.14. The maximum Gasteiger partial charge on any atom is 0.400 e. The van der Waals surface area contributed by atoms with Crippen LogP contribution in [0.1, 0.15) is 13.3 Å². The van der Waals surface area contributed by atoms with E-state index in [4.69, 9.17) is 15.9 Å². The second kappa shape index (κ2) is 3.76. The fourth-order valence-electron chi connectivity index (χ4n) is 0.560. The van der Waals surface area contributed by atoms with Gasteiger partial charge in [0.05, 0.1) is 0 Å². The van der Waals surface area contributed by atoms with Gasteiger partial charge in [0.25, 0.3) is 0 Å². The summed E-state index contributed by atoms with van der Waals surface area (Å²) in [7, 11) is -2.28. The molecule has 0 aromatic carbocycles. The minimum absolute atomic E-state index is 0.0398. The molecule has 0 saturated carbocycles. The number of aliphatic hydroxyl groups is 1. The van der Waals surface area contributed by atoms with E-state index in [9.17, 15) is 9.36 Å². The van der Waals surface area contributed by atoms with Gasteiger partial charge in [0, 0.05) is 6.42 Å². The minimum Gasteiger partial charge on any atom is -0.477 e. The molecule has 11 heavy (non-hydrogen) atoms. The normalized spacial score (nSPS) is 17.2. The lowest BCUT2D eigenvalue weighted by Crippen LogP contribution is -2.44. The van der Waals surface area contributed by atoms with Gasteiger partial charge < -0.3 is 10.2 Å². The van der Waals surface area contributed by atoms with Gasteiger partial charge in [-0.3, -0.25) is 5.73 Å². The van der Waals surface area contributed by atoms with E-state index in [-0.39, 0.29) is 6.42 Å². The van der Waals surface area contributed by atoms with Crippen molar-refractivity contribution in [2.24, 2.45) is 5.73 Å². The van der Waals surface area contributed by atoms with Crippen molar-refractivity contribution in [1.82, 2.24) is 0 Å². The highest BCUT2D eigenvalue weighted by molar-refractivity contribution is 7.47. The number of nitrogens with two attached hydrogens (primary N) is 1. The molecule has 0 aromatic heterocycles. The molecule has 0 saturated heterocycles. The van der Waals surface area contributed by atoms with Crippen LogP contribution in [0.2, 0.25) is 0 Å². The number of aliphatic hydroxyl groups excluding tert-OH is 1. The predicted octanol–water partition coefficient (Wildman–Crippen LogP) is -0.0868. The zero-order chi connectivity index (χ0) is 9.07. The summed E-state index contributed by atoms with van der Waals surface area (Å²) in [6.07, 6.45) is -0.649. The Kier molecular flexibility index (Phi) is 3.58. The number of carboxylic acids is 1. The van der Waals surface area contributed by atoms with Crippen molar-refractivity contribution >= 4 is 13.8 Å². The van der Waals surface area contributed by atoms with E-state index < -0.39 is 25.4 Å². The summed E-state index contributed by atoms with van der Waals surface area (Å²) in [5, 5.41) is 15.2. The summed E-state index contributed by atoms with van der Waals surface area (Å²) >= 11 is 0. The zero-order valence-electron chi connectivity index (χ0n) is 6.15. The molecule has 5 nitrogen and oxygen atoms in total. The van der Waals surface area contributed by atoms with Crippen molar-refractivity contribution in [1.29, 1.82) is 0 Å². The molecule has 0 bridgehead atoms. The van der Waals surface area contributed by atoms with Gasteiger partial charge in [0.1, 0.15) is 0 Å². The van der Waals surface area contributed by atoms with Gasteiger partial charge in [-0.1, -0.05) is 11.5 Å². The molecule has 2 unspecified atom stereocenters. The van der Waals surface area contributed by atoms with Crippen LogP contribution in [0.3, 0.4) is 0 Å². The van der Waals surface area contributed by atoms with Gasteiger partial charge in [-0.25, -0.2) is 4.79 Å². The van der Waals surface area contributed by atoms with E-state index >= 15 is 0 Å². The molecule has 0 radical (unpaired) electrons. The Hall–Kier alpha value is -0.510. The molecule has 0 aromatic rings. The van der Waals surface area contributed by atoms with Crippen LogP contribution in [-0.4, -0.2) is 27.8 Å². The van der Waals surface area contributed by atoms with E-state index in [0.29, 0.717) is 0 Å². The molecule has 0 spiro atoms. The lowest BCUT2D eigenvalue weighted by atomic mass is 10.2. The summed E-state index contributed by atoms with van der Waals surface area (Å²) in [5.41, 5.74) is 5.25. The van der Waals surface area contributed by atoms with Gasteiger partial charge >= 0.3 is 19.1 Å². The van der Waals surface area contributed by atoms with Crippen LogP contribution in [0.15, 0.2) is 0 Å². The Bertz CT molecular complexity index is 183. The standard InChI is InChI=1S/C5H10NO4P/c1-2-5(6,4(8)9)11(10)3-7/h7H,2-3,6H2,1H3/p+1. The molecule has 2 atom stereocenters. The molecular weight excluding hydrogens is 169 g/mol. The topological polar surface area (TPSA) is 101 Å². The fourth-order valence-corrected chi connectivity index (χ4v) is 1.38. The van der Waals surface area contributed by atoms with Crippen molar-refractivity contribution in [3.05, 3.63) is 0 Å². The first kappa shape index (κ1) is 10.5. The van der Waals surface area contributed by atoms with Gasteiger partial charge in [0.15, 0.2) is 0 Å². The number of hydrogen-bond acceptors (Lipinski definition) is 4. The van der Waals surface area contributed by atoms with Crippen LogP contribution in [0.4, 0.5) is 0 Å². The van der Waals surface area contributed by atoms with Crippen LogP contribution in [-0.2, 0) is 9.36 Å². The number of carbonyl (C=O) groups is 1. The average Bonchev–Trinajstić information content (AvgIpc) is 2.01. The van der Waals surface area contributed by atoms with Crippen LogP contribution < -0.4 is 5.73 Å². The Morgan fingerprint density at radius 1 is 1.73 bits per heavy atom. The third kappa shape index (κ3) is 1.96. The van der Waals surface area contributed by atoms with Gasteiger partial charge in [-0.15, -0.1) is 0 Å². The molecule has 0 aliphatic rings. The maximum absolute atomic E-state index is 10.9. The molecule has 64 valence electrons. The number of rotatable bonds is 4. The van der Waals surface area contributed by atoms with E-state index in [2.05, 4.69) is 0 Å². The highest BCUT2D eigenvalue weighted by Crippen LogP contribution is 2.36. The lowest BCUT2D eigenvalue weighted by molar-refractivity contribution is -0.140. The quantitative estimate of drug-likeness (QED) is 0.525. The van der Waals surface area contributed by atoms with Gasteiger partial charge in [0.2, 0.25) is 6.35 Å². The van der Waals surface area contributed by atoms with E-state index in [1.807, 2.05) is 0 Å².